The van der Waals surface area contributed by atoms with Crippen LogP contribution in [0.2, 0.25) is 5.02 Å². The molecule has 1 aromatic carbocycles. The number of pyridine rings is 1. The third kappa shape index (κ3) is 3.42. The number of hydrogen-bond acceptors (Lipinski definition) is 6. The lowest BCUT2D eigenvalue weighted by atomic mass is 10.1. The zero-order chi connectivity index (χ0) is 18.2. The summed E-state index contributed by atoms with van der Waals surface area (Å²) in [4.78, 5) is 4.09. The van der Waals surface area contributed by atoms with Gasteiger partial charge in [-0.25, -0.2) is 0 Å². The van der Waals surface area contributed by atoms with Crippen LogP contribution in [0.3, 0.4) is 0 Å². The van der Waals surface area contributed by atoms with Crippen molar-refractivity contribution in [2.75, 3.05) is 6.79 Å². The molecule has 3 heterocycles. The van der Waals surface area contributed by atoms with Gasteiger partial charge in [-0.15, -0.1) is 10.2 Å². The van der Waals surface area contributed by atoms with Crippen molar-refractivity contribution in [2.24, 2.45) is 0 Å². The third-order valence-corrected chi connectivity index (χ3v) is 5.83. The van der Waals surface area contributed by atoms with Gasteiger partial charge in [-0.1, -0.05) is 23.4 Å². The highest BCUT2D eigenvalue weighted by molar-refractivity contribution is 7.98. The van der Waals surface area contributed by atoms with Crippen LogP contribution >= 0.6 is 23.4 Å². The van der Waals surface area contributed by atoms with Gasteiger partial charge in [0.15, 0.2) is 17.8 Å². The van der Waals surface area contributed by atoms with E-state index in [1.807, 2.05) is 24.3 Å². The summed E-state index contributed by atoms with van der Waals surface area (Å²) >= 11 is 7.94. The van der Waals surface area contributed by atoms with Gasteiger partial charge in [0, 0.05) is 45.9 Å². The fourth-order valence-electron chi connectivity index (χ4n) is 3.24. The number of nitrogens with zero attached hydrogens (tertiary/aromatic N) is 4. The molecule has 0 amide bonds. The summed E-state index contributed by atoms with van der Waals surface area (Å²) in [6.45, 7) is 0.800. The van der Waals surface area contributed by atoms with Crippen molar-refractivity contribution in [3.63, 3.8) is 0 Å². The zero-order valence-electron chi connectivity index (χ0n) is 14.5. The summed E-state index contributed by atoms with van der Waals surface area (Å²) in [5, 5.41) is 10.5. The Kier molecular flexibility index (Phi) is 4.51. The number of rotatable bonds is 5. The van der Waals surface area contributed by atoms with Gasteiger partial charge in [-0.2, -0.15) is 0 Å². The maximum absolute atomic E-state index is 6.28. The first-order valence-electron chi connectivity index (χ1n) is 8.79. The Hall–Kier alpha value is -2.09. The maximum atomic E-state index is 6.28. The van der Waals surface area contributed by atoms with Gasteiger partial charge in [0.1, 0.15) is 5.75 Å². The van der Waals surface area contributed by atoms with E-state index in [4.69, 9.17) is 21.1 Å². The predicted octanol–water partition coefficient (Wildman–Crippen LogP) is 4.49. The predicted molar refractivity (Wildman–Crippen MR) is 103 cm³/mol. The van der Waals surface area contributed by atoms with Crippen molar-refractivity contribution in [3.8, 4) is 17.1 Å². The molecule has 0 saturated heterocycles. The van der Waals surface area contributed by atoms with Gasteiger partial charge >= 0.3 is 0 Å². The zero-order valence-corrected chi connectivity index (χ0v) is 16.0. The Morgan fingerprint density at radius 2 is 2.04 bits per heavy atom. The third-order valence-electron chi connectivity index (χ3n) is 4.62. The molecule has 0 radical (unpaired) electrons. The minimum Gasteiger partial charge on any atom is -0.467 e. The monoisotopic (exact) mass is 400 g/mol. The average Bonchev–Trinajstić information content (AvgIpc) is 3.45. The molecule has 3 aromatic rings. The van der Waals surface area contributed by atoms with Gasteiger partial charge in [-0.05, 0) is 37.1 Å². The van der Waals surface area contributed by atoms with E-state index in [-0.39, 0.29) is 6.79 Å². The van der Waals surface area contributed by atoms with Crippen LogP contribution in [-0.4, -0.2) is 26.5 Å². The van der Waals surface area contributed by atoms with Crippen molar-refractivity contribution < 1.29 is 9.47 Å². The first-order chi connectivity index (χ1) is 13.3. The SMILES string of the molecule is Clc1cc2c(c(CSc3nnc(-c4ccncc4)n3C3CC3)c1)OCOC2. The summed E-state index contributed by atoms with van der Waals surface area (Å²) < 4.78 is 13.3. The highest BCUT2D eigenvalue weighted by atomic mass is 35.5. The number of halogens is 1. The lowest BCUT2D eigenvalue weighted by Gasteiger charge is -2.21. The van der Waals surface area contributed by atoms with E-state index in [9.17, 15) is 0 Å². The minimum absolute atomic E-state index is 0.275. The van der Waals surface area contributed by atoms with Crippen LogP contribution in [0.25, 0.3) is 11.4 Å². The molecule has 0 bridgehead atoms. The first-order valence-corrected chi connectivity index (χ1v) is 10.2. The molecule has 0 unspecified atom stereocenters. The fraction of sp³-hybridized carbons (Fsp3) is 0.316. The van der Waals surface area contributed by atoms with Crippen LogP contribution in [0.4, 0.5) is 0 Å². The number of thioether (sulfide) groups is 1. The molecular formula is C19H17ClN4O2S. The van der Waals surface area contributed by atoms with Crippen molar-refractivity contribution in [1.82, 2.24) is 19.7 Å². The van der Waals surface area contributed by atoms with E-state index in [1.54, 1.807) is 24.2 Å². The largest absolute Gasteiger partial charge is 0.467 e. The van der Waals surface area contributed by atoms with E-state index in [0.29, 0.717) is 23.4 Å². The molecule has 8 heteroatoms. The van der Waals surface area contributed by atoms with E-state index in [2.05, 4.69) is 19.7 Å². The maximum Gasteiger partial charge on any atom is 0.192 e. The normalized spacial score (nSPS) is 16.0. The molecule has 0 N–H and O–H groups in total. The molecule has 1 aliphatic heterocycles. The topological polar surface area (TPSA) is 62.1 Å². The van der Waals surface area contributed by atoms with Gasteiger partial charge in [0.25, 0.3) is 0 Å². The minimum atomic E-state index is 0.275. The van der Waals surface area contributed by atoms with E-state index < -0.39 is 0 Å². The summed E-state index contributed by atoms with van der Waals surface area (Å²) in [6, 6.07) is 8.28. The van der Waals surface area contributed by atoms with Crippen LogP contribution in [-0.2, 0) is 17.1 Å². The highest BCUT2D eigenvalue weighted by Gasteiger charge is 2.30. The molecule has 0 atom stereocenters. The standard InChI is InChI=1S/C19H17ClN4O2S/c20-15-7-13-9-25-11-26-17(13)14(8-15)10-27-19-23-22-18(24(19)16-1-2-16)12-3-5-21-6-4-12/h3-8,16H,1-2,9-11H2. The smallest absolute Gasteiger partial charge is 0.192 e. The quantitative estimate of drug-likeness (QED) is 0.588. The number of fused-ring (bicyclic) bond motifs is 1. The van der Waals surface area contributed by atoms with Crippen molar-refractivity contribution in [2.45, 2.75) is 36.4 Å². The Balaban J connectivity index is 1.44. The second-order valence-corrected chi connectivity index (χ2v) is 7.97. The van der Waals surface area contributed by atoms with Crippen LogP contribution in [0, 0.1) is 0 Å². The molecule has 1 saturated carbocycles. The first kappa shape index (κ1) is 17.0. The van der Waals surface area contributed by atoms with Crippen LogP contribution < -0.4 is 4.74 Å². The molecule has 2 aliphatic rings. The molecule has 1 aliphatic carbocycles. The number of benzene rings is 1. The lowest BCUT2D eigenvalue weighted by molar-refractivity contribution is -0.0168. The second-order valence-electron chi connectivity index (χ2n) is 6.60. The van der Waals surface area contributed by atoms with Gasteiger partial charge in [0.2, 0.25) is 0 Å². The highest BCUT2D eigenvalue weighted by Crippen LogP contribution is 2.42. The molecule has 5 rings (SSSR count). The molecule has 27 heavy (non-hydrogen) atoms. The van der Waals surface area contributed by atoms with Gasteiger partial charge in [-0.3, -0.25) is 9.55 Å². The number of ether oxygens (including phenoxy) is 2. The van der Waals surface area contributed by atoms with Crippen LogP contribution in [0.1, 0.15) is 30.0 Å². The molecule has 138 valence electrons. The van der Waals surface area contributed by atoms with Crippen molar-refractivity contribution in [3.05, 3.63) is 52.8 Å². The Morgan fingerprint density at radius 3 is 2.85 bits per heavy atom. The summed E-state index contributed by atoms with van der Waals surface area (Å²) in [5.41, 5.74) is 3.09. The van der Waals surface area contributed by atoms with E-state index >= 15 is 0 Å². The molecule has 2 aromatic heterocycles. The van der Waals surface area contributed by atoms with Gasteiger partial charge in [0.05, 0.1) is 6.61 Å². The van der Waals surface area contributed by atoms with E-state index in [0.717, 1.165) is 46.3 Å². The number of aromatic nitrogens is 4. The van der Waals surface area contributed by atoms with Crippen molar-refractivity contribution in [1.29, 1.82) is 0 Å². The Bertz CT molecular complexity index is 975. The summed E-state index contributed by atoms with van der Waals surface area (Å²) in [7, 11) is 0. The van der Waals surface area contributed by atoms with Crippen molar-refractivity contribution >= 4 is 23.4 Å². The molecular weight excluding hydrogens is 384 g/mol. The summed E-state index contributed by atoms with van der Waals surface area (Å²) in [5.74, 6) is 2.49. The lowest BCUT2D eigenvalue weighted by Crippen LogP contribution is -2.13. The summed E-state index contributed by atoms with van der Waals surface area (Å²) in [6.07, 6.45) is 5.89. The molecule has 0 spiro atoms. The molecule has 6 nitrogen and oxygen atoms in total. The van der Waals surface area contributed by atoms with Crippen LogP contribution in [0.5, 0.6) is 5.75 Å². The second kappa shape index (κ2) is 7.14. The Labute approximate surface area is 165 Å². The molecule has 1 fully saturated rings. The fourth-order valence-corrected chi connectivity index (χ4v) is 4.48. The number of hydrogen-bond donors (Lipinski definition) is 0. The van der Waals surface area contributed by atoms with E-state index in [1.165, 1.54) is 0 Å². The van der Waals surface area contributed by atoms with Crippen LogP contribution in [0.15, 0.2) is 41.8 Å². The average molecular weight is 401 g/mol. The Morgan fingerprint density at radius 1 is 1.19 bits per heavy atom. The van der Waals surface area contributed by atoms with Gasteiger partial charge < -0.3 is 9.47 Å².